The molecule has 1 saturated carbocycles. The molecule has 176 valence electrons. The Labute approximate surface area is 195 Å². The van der Waals surface area contributed by atoms with Crippen LogP contribution in [0.1, 0.15) is 41.6 Å². The molecule has 0 bridgehead atoms. The second-order valence-electron chi connectivity index (χ2n) is 7.96. The number of ether oxygens (including phenoxy) is 2. The number of nitrogens with one attached hydrogen (secondary N) is 4. The normalized spacial score (nSPS) is 17.4. The third-order valence-corrected chi connectivity index (χ3v) is 5.82. The van der Waals surface area contributed by atoms with E-state index in [0.717, 1.165) is 36.6 Å². The number of carbonyl (C=O) groups excluding carboxylic acids is 2. The zero-order chi connectivity index (χ0) is 24.1. The predicted octanol–water partition coefficient (Wildman–Crippen LogP) is 3.44. The fraction of sp³-hybridized carbons (Fsp3) is 0.348. The van der Waals surface area contributed by atoms with Crippen LogP contribution in [0.4, 0.5) is 22.1 Å². The Bertz CT molecular complexity index is 1250. The first-order chi connectivity index (χ1) is 16.5. The summed E-state index contributed by atoms with van der Waals surface area (Å²) in [6, 6.07) is 8.82. The average Bonchev–Trinajstić information content (AvgIpc) is 3.32. The average molecular weight is 463 g/mol. The zero-order valence-electron chi connectivity index (χ0n) is 18.8. The van der Waals surface area contributed by atoms with E-state index in [1.54, 1.807) is 6.20 Å². The van der Waals surface area contributed by atoms with Crippen LogP contribution in [0.15, 0.2) is 30.5 Å². The van der Waals surface area contributed by atoms with Gasteiger partial charge in [0.1, 0.15) is 23.3 Å². The topological polar surface area (TPSA) is 154 Å². The summed E-state index contributed by atoms with van der Waals surface area (Å²) in [6.45, 7) is 0. The van der Waals surface area contributed by atoms with Crippen molar-refractivity contribution < 1.29 is 19.1 Å². The number of carbonyl (C=O) groups is 2. The smallest absolute Gasteiger partial charge is 0.407 e. The number of hydrogen-bond acceptors (Lipinski definition) is 9. The lowest BCUT2D eigenvalue weighted by Gasteiger charge is -2.32. The molecule has 11 nitrogen and oxygen atoms in total. The van der Waals surface area contributed by atoms with Gasteiger partial charge < -0.3 is 25.4 Å². The Hall–Kier alpha value is -4.33. The molecule has 34 heavy (non-hydrogen) atoms. The van der Waals surface area contributed by atoms with E-state index >= 15 is 0 Å². The van der Waals surface area contributed by atoms with Gasteiger partial charge in [-0.15, -0.1) is 0 Å². The molecule has 3 aromatic rings. The van der Waals surface area contributed by atoms with Gasteiger partial charge >= 0.3 is 12.1 Å². The maximum Gasteiger partial charge on any atom is 0.407 e. The first kappa shape index (κ1) is 22.8. The predicted molar refractivity (Wildman–Crippen MR) is 125 cm³/mol. The molecule has 0 radical (unpaired) electrons. The Morgan fingerprint density at radius 1 is 1.15 bits per heavy atom. The number of alkyl carbamates (subject to hydrolysis) is 1. The van der Waals surface area contributed by atoms with E-state index in [0.29, 0.717) is 11.5 Å². The Morgan fingerprint density at radius 2 is 1.94 bits per heavy atom. The monoisotopic (exact) mass is 463 g/mol. The fourth-order valence-electron chi connectivity index (χ4n) is 4.13. The number of anilines is 3. The van der Waals surface area contributed by atoms with Crippen LogP contribution in [0, 0.1) is 11.3 Å². The number of benzene rings is 1. The summed E-state index contributed by atoms with van der Waals surface area (Å²) >= 11 is 0. The van der Waals surface area contributed by atoms with Crippen molar-refractivity contribution in [3.63, 3.8) is 0 Å². The van der Waals surface area contributed by atoms with Crippen molar-refractivity contribution in [2.45, 2.75) is 37.8 Å². The SMILES string of the molecule is COC(=O)N[C@H]1CCCC[C@H]1Nc1cc(C#N)c(C(=O)OC)c(Nc2ccc3cn[nH]c3c2)n1. The third kappa shape index (κ3) is 4.85. The Balaban J connectivity index is 1.68. The van der Waals surface area contributed by atoms with Crippen molar-refractivity contribution in [3.8, 4) is 6.07 Å². The van der Waals surface area contributed by atoms with Gasteiger partial charge in [-0.25, -0.2) is 14.6 Å². The molecule has 0 aliphatic heterocycles. The van der Waals surface area contributed by atoms with Crippen molar-refractivity contribution in [3.05, 3.63) is 41.6 Å². The van der Waals surface area contributed by atoms with Crippen molar-refractivity contribution >= 4 is 40.3 Å². The first-order valence-corrected chi connectivity index (χ1v) is 10.9. The van der Waals surface area contributed by atoms with E-state index in [1.165, 1.54) is 20.3 Å². The van der Waals surface area contributed by atoms with E-state index in [-0.39, 0.29) is 29.0 Å². The maximum atomic E-state index is 12.5. The van der Waals surface area contributed by atoms with Gasteiger partial charge in [0.15, 0.2) is 0 Å². The van der Waals surface area contributed by atoms with Crippen LogP contribution in [0.2, 0.25) is 0 Å². The summed E-state index contributed by atoms with van der Waals surface area (Å²) in [7, 11) is 2.58. The highest BCUT2D eigenvalue weighted by Crippen LogP contribution is 2.29. The number of fused-ring (bicyclic) bond motifs is 1. The number of hydrogen-bond donors (Lipinski definition) is 4. The van der Waals surface area contributed by atoms with E-state index in [1.807, 2.05) is 18.2 Å². The number of nitrogens with zero attached hydrogens (tertiary/aromatic N) is 3. The van der Waals surface area contributed by atoms with Gasteiger partial charge in [0, 0.05) is 17.1 Å². The van der Waals surface area contributed by atoms with Gasteiger partial charge in [-0.1, -0.05) is 12.8 Å². The minimum absolute atomic E-state index is 0.0353. The van der Waals surface area contributed by atoms with Crippen molar-refractivity contribution in [2.24, 2.45) is 0 Å². The molecule has 4 N–H and O–H groups in total. The largest absolute Gasteiger partial charge is 0.465 e. The van der Waals surface area contributed by atoms with E-state index in [2.05, 4.69) is 37.2 Å². The summed E-state index contributed by atoms with van der Waals surface area (Å²) in [5.74, 6) is -0.0953. The minimum atomic E-state index is -0.677. The molecule has 2 aromatic heterocycles. The van der Waals surface area contributed by atoms with Crippen molar-refractivity contribution in [1.82, 2.24) is 20.5 Å². The van der Waals surface area contributed by atoms with Gasteiger partial charge in [-0.2, -0.15) is 10.4 Å². The first-order valence-electron chi connectivity index (χ1n) is 10.9. The molecule has 2 heterocycles. The molecule has 1 fully saturated rings. The van der Waals surface area contributed by atoms with Crippen LogP contribution < -0.4 is 16.0 Å². The molecule has 4 rings (SSSR count). The number of pyridine rings is 1. The summed E-state index contributed by atoms with van der Waals surface area (Å²) in [5.41, 5.74) is 1.60. The van der Waals surface area contributed by atoms with Crippen LogP contribution >= 0.6 is 0 Å². The van der Waals surface area contributed by atoms with Crippen LogP contribution in [0.3, 0.4) is 0 Å². The lowest BCUT2D eigenvalue weighted by Crippen LogP contribution is -2.48. The summed E-state index contributed by atoms with van der Waals surface area (Å²) in [5, 5.41) is 26.9. The van der Waals surface area contributed by atoms with E-state index < -0.39 is 12.1 Å². The minimum Gasteiger partial charge on any atom is -0.465 e. The summed E-state index contributed by atoms with van der Waals surface area (Å²) in [6.07, 6.45) is 4.76. The summed E-state index contributed by atoms with van der Waals surface area (Å²) in [4.78, 5) is 28.9. The lowest BCUT2D eigenvalue weighted by molar-refractivity contribution is 0.0601. The van der Waals surface area contributed by atoms with Crippen LogP contribution in [0.25, 0.3) is 10.9 Å². The van der Waals surface area contributed by atoms with Crippen molar-refractivity contribution in [1.29, 1.82) is 5.26 Å². The number of H-pyrrole nitrogens is 1. The lowest BCUT2D eigenvalue weighted by atomic mass is 9.90. The fourth-order valence-corrected chi connectivity index (χ4v) is 4.13. The molecular formula is C23H25N7O4. The van der Waals surface area contributed by atoms with Crippen LogP contribution in [-0.2, 0) is 9.47 Å². The molecule has 11 heteroatoms. The van der Waals surface area contributed by atoms with Crippen LogP contribution in [-0.4, -0.2) is 53.5 Å². The highest BCUT2D eigenvalue weighted by Gasteiger charge is 2.28. The second kappa shape index (κ2) is 10.1. The number of aromatic nitrogens is 3. The molecule has 1 aromatic carbocycles. The van der Waals surface area contributed by atoms with E-state index in [9.17, 15) is 14.9 Å². The number of amides is 1. The van der Waals surface area contributed by atoms with Crippen LogP contribution in [0.5, 0.6) is 0 Å². The van der Waals surface area contributed by atoms with Gasteiger partial charge in [0.05, 0.1) is 37.5 Å². The molecule has 1 amide bonds. The van der Waals surface area contributed by atoms with Gasteiger partial charge in [-0.3, -0.25) is 5.10 Å². The molecule has 0 saturated heterocycles. The van der Waals surface area contributed by atoms with E-state index in [4.69, 9.17) is 9.47 Å². The molecule has 0 spiro atoms. The highest BCUT2D eigenvalue weighted by atomic mass is 16.5. The molecule has 1 aliphatic carbocycles. The number of methoxy groups -OCH3 is 2. The highest BCUT2D eigenvalue weighted by molar-refractivity contribution is 5.99. The molecular weight excluding hydrogens is 438 g/mol. The quantitative estimate of drug-likeness (QED) is 0.402. The third-order valence-electron chi connectivity index (χ3n) is 5.82. The van der Waals surface area contributed by atoms with Gasteiger partial charge in [0.2, 0.25) is 0 Å². The number of esters is 1. The number of aromatic amines is 1. The Kier molecular flexibility index (Phi) is 6.77. The maximum absolute atomic E-state index is 12.5. The standard InChI is InChI=1S/C23H25N7O4/c1-33-22(31)20-14(11-24)9-19(27-16-5-3-4-6-17(16)28-23(32)34-2)29-21(20)26-15-8-7-13-12-25-30-18(13)10-15/h7-10,12,16-17H,3-6H2,1-2H3,(H,25,30)(H,28,32)(H2,26,27,29)/t16-,17+/m1/s1. The number of nitriles is 1. The van der Waals surface area contributed by atoms with Crippen molar-refractivity contribution in [2.75, 3.05) is 24.9 Å². The molecule has 1 aliphatic rings. The second-order valence-corrected chi connectivity index (χ2v) is 7.96. The van der Waals surface area contributed by atoms with Gasteiger partial charge in [-0.05, 0) is 37.1 Å². The Morgan fingerprint density at radius 3 is 2.68 bits per heavy atom. The van der Waals surface area contributed by atoms with Gasteiger partial charge in [0.25, 0.3) is 0 Å². The zero-order valence-corrected chi connectivity index (χ0v) is 18.8. The molecule has 0 unspecified atom stereocenters. The number of rotatable bonds is 6. The molecule has 2 atom stereocenters. The summed E-state index contributed by atoms with van der Waals surface area (Å²) < 4.78 is 9.66.